The highest BCUT2D eigenvalue weighted by atomic mass is 79.9. The zero-order chi connectivity index (χ0) is 18.2. The first-order valence-corrected chi connectivity index (χ1v) is 9.57. The van der Waals surface area contributed by atoms with Gasteiger partial charge in [-0.2, -0.15) is 0 Å². The van der Waals surface area contributed by atoms with E-state index in [4.69, 9.17) is 14.7 Å². The van der Waals surface area contributed by atoms with Gasteiger partial charge >= 0.3 is 0 Å². The number of rotatable bonds is 3. The second kappa shape index (κ2) is 6.67. The Hall–Kier alpha value is -2.92. The Kier molecular flexibility index (Phi) is 4.02. The van der Waals surface area contributed by atoms with Crippen LogP contribution in [-0.2, 0) is 4.74 Å². The normalized spacial score (nSPS) is 19.1. The molecule has 0 saturated carbocycles. The molecule has 3 heterocycles. The van der Waals surface area contributed by atoms with E-state index in [1.165, 1.54) is 0 Å². The molecule has 2 aromatic heterocycles. The summed E-state index contributed by atoms with van der Waals surface area (Å²) in [6.07, 6.45) is 3.75. The lowest BCUT2D eigenvalue weighted by atomic mass is 9.97. The van der Waals surface area contributed by atoms with E-state index in [0.29, 0.717) is 5.90 Å². The molecule has 0 amide bonds. The molecular formula is C22H16BrN3O. The molecule has 132 valence electrons. The zero-order valence-corrected chi connectivity index (χ0v) is 16.0. The fourth-order valence-corrected chi connectivity index (χ4v) is 3.86. The summed E-state index contributed by atoms with van der Waals surface area (Å²) in [5.74, 6) is 0.577. The van der Waals surface area contributed by atoms with Crippen LogP contribution in [0.25, 0.3) is 5.65 Å². The van der Waals surface area contributed by atoms with Crippen LogP contribution in [0.3, 0.4) is 0 Å². The van der Waals surface area contributed by atoms with Gasteiger partial charge in [-0.3, -0.25) is 0 Å². The molecule has 0 spiro atoms. The minimum atomic E-state index is -0.170. The summed E-state index contributed by atoms with van der Waals surface area (Å²) >= 11 is 3.55. The summed E-state index contributed by atoms with van der Waals surface area (Å²) in [6.45, 7) is 0. The maximum absolute atomic E-state index is 6.33. The van der Waals surface area contributed by atoms with Crippen molar-refractivity contribution < 1.29 is 4.74 Å². The molecule has 0 bridgehead atoms. The molecule has 0 aliphatic carbocycles. The number of nitrogens with zero attached hydrogens (tertiary/aromatic N) is 3. The smallest absolute Gasteiger partial charge is 0.238 e. The standard InChI is InChI=1S/C22H16BrN3O/c23-17-12-7-13-26-14-18(24-21(17)26)22-25-19(15-8-3-1-4-9-15)20(27-22)16-10-5-2-6-11-16/h1-14,19-20H/t19-,20?/m1/s1. The Bertz CT molecular complexity index is 1120. The molecule has 27 heavy (non-hydrogen) atoms. The van der Waals surface area contributed by atoms with E-state index in [2.05, 4.69) is 40.2 Å². The van der Waals surface area contributed by atoms with Crippen molar-refractivity contribution in [3.8, 4) is 0 Å². The van der Waals surface area contributed by atoms with E-state index in [0.717, 1.165) is 26.9 Å². The van der Waals surface area contributed by atoms with Gasteiger partial charge in [-0.15, -0.1) is 0 Å². The van der Waals surface area contributed by atoms with Crippen LogP contribution in [0, 0.1) is 0 Å². The van der Waals surface area contributed by atoms with E-state index in [-0.39, 0.29) is 12.1 Å². The van der Waals surface area contributed by atoms with Crippen molar-refractivity contribution in [3.63, 3.8) is 0 Å². The molecule has 0 radical (unpaired) electrons. The van der Waals surface area contributed by atoms with E-state index < -0.39 is 0 Å². The van der Waals surface area contributed by atoms with Gasteiger partial charge in [-0.1, -0.05) is 60.7 Å². The third kappa shape index (κ3) is 2.94. The summed E-state index contributed by atoms with van der Waals surface area (Å²) < 4.78 is 9.24. The summed E-state index contributed by atoms with van der Waals surface area (Å²) in [4.78, 5) is 9.63. The van der Waals surface area contributed by atoms with Crippen LogP contribution in [0.15, 0.2) is 94.7 Å². The molecule has 1 aliphatic heterocycles. The highest BCUT2D eigenvalue weighted by molar-refractivity contribution is 9.10. The van der Waals surface area contributed by atoms with Crippen LogP contribution in [0.1, 0.15) is 29.0 Å². The van der Waals surface area contributed by atoms with Gasteiger partial charge in [0.25, 0.3) is 0 Å². The quantitative estimate of drug-likeness (QED) is 0.450. The number of halogens is 1. The topological polar surface area (TPSA) is 38.9 Å². The molecule has 5 heteroatoms. The number of hydrogen-bond acceptors (Lipinski definition) is 3. The van der Waals surface area contributed by atoms with Crippen LogP contribution in [-0.4, -0.2) is 15.3 Å². The van der Waals surface area contributed by atoms with Gasteiger partial charge < -0.3 is 9.14 Å². The largest absolute Gasteiger partial charge is 0.465 e. The summed E-state index contributed by atoms with van der Waals surface area (Å²) in [6, 6.07) is 24.4. The van der Waals surface area contributed by atoms with Crippen molar-refractivity contribution in [2.75, 3.05) is 0 Å². The van der Waals surface area contributed by atoms with Gasteiger partial charge in [0.2, 0.25) is 5.90 Å². The van der Waals surface area contributed by atoms with Gasteiger partial charge in [-0.05, 0) is 39.2 Å². The van der Waals surface area contributed by atoms with Gasteiger partial charge in [0.05, 0.1) is 4.47 Å². The molecule has 4 aromatic rings. The molecule has 4 nitrogen and oxygen atoms in total. The predicted octanol–water partition coefficient (Wildman–Crippen LogP) is 5.36. The Morgan fingerprint density at radius 1 is 0.852 bits per heavy atom. The highest BCUT2D eigenvalue weighted by Gasteiger charge is 2.34. The van der Waals surface area contributed by atoms with Crippen LogP contribution in [0.4, 0.5) is 0 Å². The van der Waals surface area contributed by atoms with Gasteiger partial charge in [0.1, 0.15) is 11.7 Å². The fraction of sp³-hybridized carbons (Fsp3) is 0.0909. The third-order valence-electron chi connectivity index (χ3n) is 4.71. The summed E-state index contributed by atoms with van der Waals surface area (Å²) in [5, 5.41) is 0. The summed E-state index contributed by atoms with van der Waals surface area (Å²) in [7, 11) is 0. The molecule has 0 fully saturated rings. The van der Waals surface area contributed by atoms with E-state index in [9.17, 15) is 0 Å². The molecule has 2 atom stereocenters. The van der Waals surface area contributed by atoms with Crippen molar-refractivity contribution in [1.29, 1.82) is 0 Å². The molecule has 1 aliphatic rings. The maximum atomic E-state index is 6.33. The van der Waals surface area contributed by atoms with Gasteiger partial charge in [0, 0.05) is 12.4 Å². The molecule has 5 rings (SSSR count). The summed E-state index contributed by atoms with van der Waals surface area (Å²) in [5.41, 5.74) is 3.82. The second-order valence-corrected chi connectivity index (χ2v) is 7.31. The van der Waals surface area contributed by atoms with Gasteiger partial charge in [-0.25, -0.2) is 9.98 Å². The van der Waals surface area contributed by atoms with Gasteiger partial charge in [0.15, 0.2) is 11.8 Å². The van der Waals surface area contributed by atoms with Crippen molar-refractivity contribution in [3.05, 3.63) is 106 Å². The van der Waals surface area contributed by atoms with E-state index in [1.807, 2.05) is 65.3 Å². The maximum Gasteiger partial charge on any atom is 0.238 e. The molecule has 2 aromatic carbocycles. The molecule has 1 unspecified atom stereocenters. The molecular weight excluding hydrogens is 402 g/mol. The molecule has 0 N–H and O–H groups in total. The van der Waals surface area contributed by atoms with E-state index >= 15 is 0 Å². The predicted molar refractivity (Wildman–Crippen MR) is 109 cm³/mol. The minimum absolute atomic E-state index is 0.100. The monoisotopic (exact) mass is 417 g/mol. The first-order chi connectivity index (χ1) is 13.3. The van der Waals surface area contributed by atoms with Crippen LogP contribution < -0.4 is 0 Å². The van der Waals surface area contributed by atoms with Crippen molar-refractivity contribution in [1.82, 2.24) is 9.38 Å². The minimum Gasteiger partial charge on any atom is -0.465 e. The van der Waals surface area contributed by atoms with Crippen LogP contribution in [0.5, 0.6) is 0 Å². The third-order valence-corrected chi connectivity index (χ3v) is 5.32. The lowest BCUT2D eigenvalue weighted by Crippen LogP contribution is -2.09. The lowest BCUT2D eigenvalue weighted by Gasteiger charge is -2.18. The van der Waals surface area contributed by atoms with E-state index in [1.54, 1.807) is 0 Å². The van der Waals surface area contributed by atoms with Crippen molar-refractivity contribution in [2.24, 2.45) is 4.99 Å². The number of benzene rings is 2. The lowest BCUT2D eigenvalue weighted by molar-refractivity contribution is 0.196. The van der Waals surface area contributed by atoms with Crippen LogP contribution >= 0.6 is 15.9 Å². The second-order valence-electron chi connectivity index (χ2n) is 6.45. The first kappa shape index (κ1) is 16.3. The average molecular weight is 418 g/mol. The van der Waals surface area contributed by atoms with Crippen LogP contribution in [0.2, 0.25) is 0 Å². The number of hydrogen-bond donors (Lipinski definition) is 0. The number of aliphatic imine (C=N–C) groups is 1. The Morgan fingerprint density at radius 3 is 2.26 bits per heavy atom. The first-order valence-electron chi connectivity index (χ1n) is 8.77. The fourth-order valence-electron chi connectivity index (χ4n) is 3.41. The highest BCUT2D eigenvalue weighted by Crippen LogP contribution is 2.41. The number of imidazole rings is 1. The number of pyridine rings is 1. The number of aromatic nitrogens is 2. The number of fused-ring (bicyclic) bond motifs is 1. The van der Waals surface area contributed by atoms with Crippen molar-refractivity contribution >= 4 is 27.5 Å². The Morgan fingerprint density at radius 2 is 1.56 bits per heavy atom. The Labute approximate surface area is 165 Å². The van der Waals surface area contributed by atoms with Crippen molar-refractivity contribution in [2.45, 2.75) is 12.1 Å². The number of ether oxygens (including phenoxy) is 1. The SMILES string of the molecule is Brc1cccn2cc(C3=N[C@H](c4ccccc4)C(c4ccccc4)O3)nc12. The average Bonchev–Trinajstić information content (AvgIpc) is 3.35. The Balaban J connectivity index is 1.59. The zero-order valence-electron chi connectivity index (χ0n) is 14.4. The molecule has 0 saturated heterocycles.